The van der Waals surface area contributed by atoms with Crippen molar-refractivity contribution >= 4 is 76.4 Å². The Bertz CT molecular complexity index is 2700. The first-order valence-corrected chi connectivity index (χ1v) is 17.7. The SMILES string of the molecule is c1ccc(N(c2ccc(-c3ccc4ccccc4c3)cc2)c2ccc3c(c2)Oc2ccccc2N3c2ccc3c(c2)sc2ccccc23)cc1. The van der Waals surface area contributed by atoms with E-state index >= 15 is 0 Å². The number of rotatable bonds is 5. The first-order valence-electron chi connectivity index (χ1n) is 16.8. The first kappa shape index (κ1) is 28.6. The van der Waals surface area contributed by atoms with Crippen molar-refractivity contribution in [3.63, 3.8) is 0 Å². The molecule has 0 bridgehead atoms. The number of fused-ring (bicyclic) bond motifs is 6. The predicted octanol–water partition coefficient (Wildman–Crippen LogP) is 13.9. The van der Waals surface area contributed by atoms with Crippen molar-refractivity contribution in [2.24, 2.45) is 0 Å². The molecule has 0 radical (unpaired) electrons. The van der Waals surface area contributed by atoms with E-state index in [1.54, 1.807) is 0 Å². The van der Waals surface area contributed by atoms with Gasteiger partial charge in [0.1, 0.15) is 0 Å². The summed E-state index contributed by atoms with van der Waals surface area (Å²) < 4.78 is 9.25. The third-order valence-corrected chi connectivity index (χ3v) is 10.7. The number of hydrogen-bond donors (Lipinski definition) is 0. The maximum Gasteiger partial charge on any atom is 0.153 e. The minimum Gasteiger partial charge on any atom is -0.453 e. The Morgan fingerprint density at radius 1 is 0.420 bits per heavy atom. The summed E-state index contributed by atoms with van der Waals surface area (Å²) in [6.45, 7) is 0. The third kappa shape index (κ3) is 4.80. The summed E-state index contributed by atoms with van der Waals surface area (Å²) in [6.07, 6.45) is 0. The largest absolute Gasteiger partial charge is 0.453 e. The fraction of sp³-hybridized carbons (Fsp3) is 0. The molecule has 10 rings (SSSR count). The minimum absolute atomic E-state index is 0.811. The molecule has 0 unspecified atom stereocenters. The van der Waals surface area contributed by atoms with Crippen molar-refractivity contribution in [1.82, 2.24) is 0 Å². The van der Waals surface area contributed by atoms with Gasteiger partial charge in [-0.15, -0.1) is 11.3 Å². The van der Waals surface area contributed by atoms with Crippen molar-refractivity contribution in [3.05, 3.63) is 182 Å². The zero-order valence-corrected chi connectivity index (χ0v) is 27.8. The molecule has 0 saturated carbocycles. The summed E-state index contributed by atoms with van der Waals surface area (Å²) in [6, 6.07) is 64.9. The van der Waals surface area contributed by atoms with Gasteiger partial charge in [0.25, 0.3) is 0 Å². The topological polar surface area (TPSA) is 15.7 Å². The van der Waals surface area contributed by atoms with Crippen molar-refractivity contribution < 1.29 is 4.74 Å². The van der Waals surface area contributed by atoms with Crippen LogP contribution in [-0.4, -0.2) is 0 Å². The van der Waals surface area contributed by atoms with Gasteiger partial charge in [0.2, 0.25) is 0 Å². The molecule has 0 fully saturated rings. The number of anilines is 6. The normalized spacial score (nSPS) is 12.1. The molecule has 50 heavy (non-hydrogen) atoms. The number of ether oxygens (including phenoxy) is 1. The molecule has 3 nitrogen and oxygen atoms in total. The lowest BCUT2D eigenvalue weighted by Gasteiger charge is -2.34. The van der Waals surface area contributed by atoms with Crippen molar-refractivity contribution in [1.29, 1.82) is 0 Å². The average Bonchev–Trinajstić information content (AvgIpc) is 3.55. The van der Waals surface area contributed by atoms with E-state index in [1.165, 1.54) is 42.1 Å². The van der Waals surface area contributed by atoms with E-state index in [9.17, 15) is 0 Å². The smallest absolute Gasteiger partial charge is 0.153 e. The van der Waals surface area contributed by atoms with Gasteiger partial charge < -0.3 is 14.5 Å². The predicted molar refractivity (Wildman–Crippen MR) is 212 cm³/mol. The maximum absolute atomic E-state index is 6.67. The lowest BCUT2D eigenvalue weighted by atomic mass is 10.0. The van der Waals surface area contributed by atoms with Crippen LogP contribution in [0.4, 0.5) is 34.1 Å². The van der Waals surface area contributed by atoms with Gasteiger partial charge in [-0.1, -0.05) is 103 Å². The summed E-state index contributed by atoms with van der Waals surface area (Å²) in [5, 5.41) is 5.09. The zero-order valence-electron chi connectivity index (χ0n) is 27.0. The highest BCUT2D eigenvalue weighted by Gasteiger charge is 2.27. The molecular weight excluding hydrogens is 629 g/mol. The molecule has 8 aromatic carbocycles. The van der Waals surface area contributed by atoms with E-state index in [0.29, 0.717) is 0 Å². The molecule has 2 heterocycles. The van der Waals surface area contributed by atoms with Gasteiger partial charge in [-0.25, -0.2) is 0 Å². The quantitative estimate of drug-likeness (QED) is 0.183. The summed E-state index contributed by atoms with van der Waals surface area (Å²) >= 11 is 1.84. The van der Waals surface area contributed by atoms with Gasteiger partial charge in [0, 0.05) is 49.0 Å². The minimum atomic E-state index is 0.811. The molecule has 0 atom stereocenters. The number of para-hydroxylation sites is 3. The molecule has 1 aliphatic heterocycles. The van der Waals surface area contributed by atoms with Crippen LogP contribution in [0.25, 0.3) is 42.1 Å². The van der Waals surface area contributed by atoms with E-state index < -0.39 is 0 Å². The van der Waals surface area contributed by atoms with E-state index in [-0.39, 0.29) is 0 Å². The molecule has 0 spiro atoms. The second kappa shape index (κ2) is 11.7. The summed E-state index contributed by atoms with van der Waals surface area (Å²) in [5.74, 6) is 1.64. The Balaban J connectivity index is 1.07. The molecule has 0 amide bonds. The van der Waals surface area contributed by atoms with Crippen LogP contribution < -0.4 is 14.5 Å². The van der Waals surface area contributed by atoms with Gasteiger partial charge in [-0.05, 0) is 94.7 Å². The monoisotopic (exact) mass is 658 g/mol. The Kier molecular flexibility index (Phi) is 6.68. The molecule has 0 N–H and O–H groups in total. The van der Waals surface area contributed by atoms with Crippen LogP contribution in [0.15, 0.2) is 182 Å². The van der Waals surface area contributed by atoms with Gasteiger partial charge >= 0.3 is 0 Å². The van der Waals surface area contributed by atoms with Crippen LogP contribution in [0.1, 0.15) is 0 Å². The van der Waals surface area contributed by atoms with Crippen molar-refractivity contribution in [2.75, 3.05) is 9.80 Å². The van der Waals surface area contributed by atoms with Crippen LogP contribution in [0.2, 0.25) is 0 Å². The Morgan fingerprint density at radius 2 is 1.10 bits per heavy atom. The zero-order chi connectivity index (χ0) is 33.0. The highest BCUT2D eigenvalue weighted by molar-refractivity contribution is 7.25. The lowest BCUT2D eigenvalue weighted by molar-refractivity contribution is 0.477. The van der Waals surface area contributed by atoms with Gasteiger partial charge in [0.05, 0.1) is 11.4 Å². The third-order valence-electron chi connectivity index (χ3n) is 9.61. The van der Waals surface area contributed by atoms with Crippen LogP contribution in [0.3, 0.4) is 0 Å². The van der Waals surface area contributed by atoms with E-state index in [1.807, 2.05) is 17.4 Å². The highest BCUT2D eigenvalue weighted by Crippen LogP contribution is 2.53. The summed E-state index contributed by atoms with van der Waals surface area (Å²) in [5.41, 5.74) is 8.70. The van der Waals surface area contributed by atoms with Crippen molar-refractivity contribution in [3.8, 4) is 22.6 Å². The number of thiophene rings is 1. The summed E-state index contributed by atoms with van der Waals surface area (Å²) in [4.78, 5) is 4.62. The van der Waals surface area contributed by atoms with E-state index in [2.05, 4.69) is 186 Å². The van der Waals surface area contributed by atoms with Crippen LogP contribution in [-0.2, 0) is 0 Å². The number of nitrogens with zero attached hydrogens (tertiary/aromatic N) is 2. The van der Waals surface area contributed by atoms with E-state index in [4.69, 9.17) is 4.74 Å². The Labute approximate surface area is 294 Å². The van der Waals surface area contributed by atoms with E-state index in [0.717, 1.165) is 45.6 Å². The highest BCUT2D eigenvalue weighted by atomic mass is 32.1. The maximum atomic E-state index is 6.67. The molecule has 9 aromatic rings. The molecule has 236 valence electrons. The van der Waals surface area contributed by atoms with Crippen LogP contribution in [0.5, 0.6) is 11.5 Å². The Hall–Kier alpha value is -6.36. The molecule has 4 heteroatoms. The fourth-order valence-electron chi connectivity index (χ4n) is 7.21. The van der Waals surface area contributed by atoms with Gasteiger partial charge in [0.15, 0.2) is 11.5 Å². The molecule has 0 saturated heterocycles. The van der Waals surface area contributed by atoms with Crippen molar-refractivity contribution in [2.45, 2.75) is 0 Å². The molecule has 0 aliphatic carbocycles. The molecular formula is C46H30N2OS. The second-order valence-corrected chi connectivity index (χ2v) is 13.7. The second-order valence-electron chi connectivity index (χ2n) is 12.6. The lowest BCUT2D eigenvalue weighted by Crippen LogP contribution is -2.16. The van der Waals surface area contributed by atoms with Gasteiger partial charge in [-0.3, -0.25) is 0 Å². The van der Waals surface area contributed by atoms with Gasteiger partial charge in [-0.2, -0.15) is 0 Å². The van der Waals surface area contributed by atoms with Crippen LogP contribution >= 0.6 is 11.3 Å². The first-order chi connectivity index (χ1) is 24.8. The van der Waals surface area contributed by atoms with Crippen LogP contribution in [0, 0.1) is 0 Å². The number of hydrogen-bond acceptors (Lipinski definition) is 4. The molecule has 1 aliphatic rings. The standard InChI is InChI=1S/C46H30N2OS/c1-2-12-35(13-3-1)47(36-22-20-32(21-23-36)34-19-18-31-10-4-5-11-33(31)28-34)37-25-27-42-44(29-37)49-43-16-8-7-15-41(43)48(42)38-24-26-40-39-14-6-9-17-45(39)50-46(40)30-38/h1-30H. The average molecular weight is 659 g/mol. The number of benzene rings is 8. The summed E-state index contributed by atoms with van der Waals surface area (Å²) in [7, 11) is 0. The Morgan fingerprint density at radius 3 is 2.00 bits per heavy atom. The molecule has 1 aromatic heterocycles. The fourth-order valence-corrected chi connectivity index (χ4v) is 8.35.